The van der Waals surface area contributed by atoms with Crippen LogP contribution in [0.5, 0.6) is 11.5 Å². The molecule has 152 valence electrons. The zero-order valence-electron chi connectivity index (χ0n) is 17.4. The summed E-state index contributed by atoms with van der Waals surface area (Å²) in [6.45, 7) is 6.30. The first kappa shape index (κ1) is 20.5. The fourth-order valence-electron chi connectivity index (χ4n) is 3.26. The van der Waals surface area contributed by atoms with Gasteiger partial charge in [-0.1, -0.05) is 37.6 Å². The van der Waals surface area contributed by atoms with Crippen molar-refractivity contribution in [3.05, 3.63) is 59.3 Å². The molecule has 2 aromatic rings. The number of carbonyl (C=O) groups is 2. The number of rotatable bonds is 7. The summed E-state index contributed by atoms with van der Waals surface area (Å²) in [5.41, 5.74) is 3.06. The highest BCUT2D eigenvalue weighted by Gasteiger charge is 2.39. The standard InChI is InChI=1S/C23H26N2O4/c1-14(2)13-25-22(26)20(16-8-11-18(28-4)19(12-16)29-5)21(23(25)27)24-17-9-6-15(3)7-10-17/h6-12,14,24H,13H2,1-5H3. The van der Waals surface area contributed by atoms with Crippen molar-refractivity contribution in [3.63, 3.8) is 0 Å². The predicted octanol–water partition coefficient (Wildman–Crippen LogP) is 3.86. The smallest absolute Gasteiger partial charge is 0.278 e. The third-order valence-electron chi connectivity index (χ3n) is 4.71. The Hall–Kier alpha value is -3.28. The van der Waals surface area contributed by atoms with Gasteiger partial charge in [0.1, 0.15) is 5.70 Å². The zero-order valence-corrected chi connectivity index (χ0v) is 17.4. The maximum atomic E-state index is 13.2. The average molecular weight is 394 g/mol. The van der Waals surface area contributed by atoms with Gasteiger partial charge in [-0.25, -0.2) is 0 Å². The van der Waals surface area contributed by atoms with E-state index in [0.29, 0.717) is 29.2 Å². The second kappa shape index (κ2) is 8.39. The SMILES string of the molecule is COc1ccc(C2=C(Nc3ccc(C)cc3)C(=O)N(CC(C)C)C2=O)cc1OC. The lowest BCUT2D eigenvalue weighted by atomic mass is 10.0. The number of nitrogens with zero attached hydrogens (tertiary/aromatic N) is 1. The van der Waals surface area contributed by atoms with Crippen molar-refractivity contribution in [3.8, 4) is 11.5 Å². The molecule has 2 amide bonds. The Morgan fingerprint density at radius 1 is 0.931 bits per heavy atom. The molecule has 0 saturated heterocycles. The van der Waals surface area contributed by atoms with Crippen molar-refractivity contribution in [2.24, 2.45) is 5.92 Å². The van der Waals surface area contributed by atoms with Crippen molar-refractivity contribution in [2.45, 2.75) is 20.8 Å². The van der Waals surface area contributed by atoms with Gasteiger partial charge in [-0.05, 0) is 42.7 Å². The molecule has 0 aromatic heterocycles. The molecule has 0 unspecified atom stereocenters. The van der Waals surface area contributed by atoms with Gasteiger partial charge in [-0.15, -0.1) is 0 Å². The number of nitrogens with one attached hydrogen (secondary N) is 1. The van der Waals surface area contributed by atoms with Gasteiger partial charge in [0.15, 0.2) is 11.5 Å². The Bertz CT molecular complexity index is 961. The van der Waals surface area contributed by atoms with Gasteiger partial charge >= 0.3 is 0 Å². The van der Waals surface area contributed by atoms with Crippen LogP contribution in [-0.2, 0) is 9.59 Å². The molecule has 3 rings (SSSR count). The maximum Gasteiger partial charge on any atom is 0.278 e. The zero-order chi connectivity index (χ0) is 21.1. The van der Waals surface area contributed by atoms with E-state index in [9.17, 15) is 9.59 Å². The van der Waals surface area contributed by atoms with E-state index in [1.54, 1.807) is 25.3 Å². The van der Waals surface area contributed by atoms with Crippen molar-refractivity contribution in [2.75, 3.05) is 26.1 Å². The number of anilines is 1. The van der Waals surface area contributed by atoms with Crippen molar-refractivity contribution >= 4 is 23.1 Å². The molecule has 29 heavy (non-hydrogen) atoms. The second-order valence-corrected chi connectivity index (χ2v) is 7.43. The number of hydrogen-bond donors (Lipinski definition) is 1. The molecular weight excluding hydrogens is 368 g/mol. The van der Waals surface area contributed by atoms with E-state index in [-0.39, 0.29) is 23.4 Å². The topological polar surface area (TPSA) is 67.9 Å². The van der Waals surface area contributed by atoms with Gasteiger partial charge in [0.25, 0.3) is 11.8 Å². The van der Waals surface area contributed by atoms with Gasteiger partial charge in [0.2, 0.25) is 0 Å². The fraction of sp³-hybridized carbons (Fsp3) is 0.304. The predicted molar refractivity (Wildman–Crippen MR) is 113 cm³/mol. The highest BCUT2D eigenvalue weighted by atomic mass is 16.5. The van der Waals surface area contributed by atoms with Gasteiger partial charge in [-0.3, -0.25) is 14.5 Å². The van der Waals surface area contributed by atoms with E-state index in [1.807, 2.05) is 45.0 Å². The number of carbonyl (C=O) groups excluding carboxylic acids is 2. The first-order chi connectivity index (χ1) is 13.8. The molecule has 0 aliphatic carbocycles. The molecule has 1 aliphatic rings. The van der Waals surface area contributed by atoms with Crippen molar-refractivity contribution < 1.29 is 19.1 Å². The highest BCUT2D eigenvalue weighted by molar-refractivity contribution is 6.36. The Kier molecular flexibility index (Phi) is 5.92. The number of hydrogen-bond acceptors (Lipinski definition) is 5. The van der Waals surface area contributed by atoms with Crippen LogP contribution in [0.3, 0.4) is 0 Å². The minimum Gasteiger partial charge on any atom is -0.493 e. The number of aryl methyl sites for hydroxylation is 1. The third-order valence-corrected chi connectivity index (χ3v) is 4.71. The Balaban J connectivity index is 2.10. The first-order valence-electron chi connectivity index (χ1n) is 9.52. The number of imide groups is 1. The summed E-state index contributed by atoms with van der Waals surface area (Å²) in [5.74, 6) is 0.573. The van der Waals surface area contributed by atoms with E-state index in [1.165, 1.54) is 12.0 Å². The van der Waals surface area contributed by atoms with E-state index in [2.05, 4.69) is 5.32 Å². The molecule has 6 nitrogen and oxygen atoms in total. The van der Waals surface area contributed by atoms with E-state index < -0.39 is 0 Å². The molecular formula is C23H26N2O4. The van der Waals surface area contributed by atoms with Crippen LogP contribution in [0.2, 0.25) is 0 Å². The molecule has 0 radical (unpaired) electrons. The largest absolute Gasteiger partial charge is 0.493 e. The molecule has 0 atom stereocenters. The lowest BCUT2D eigenvalue weighted by molar-refractivity contribution is -0.137. The summed E-state index contributed by atoms with van der Waals surface area (Å²) in [7, 11) is 3.09. The Morgan fingerprint density at radius 3 is 2.17 bits per heavy atom. The Morgan fingerprint density at radius 2 is 1.59 bits per heavy atom. The molecule has 0 fully saturated rings. The minimum atomic E-state index is -0.325. The van der Waals surface area contributed by atoms with Crippen molar-refractivity contribution in [1.82, 2.24) is 4.90 Å². The van der Waals surface area contributed by atoms with E-state index in [0.717, 1.165) is 11.3 Å². The molecule has 0 saturated carbocycles. The third kappa shape index (κ3) is 4.11. The van der Waals surface area contributed by atoms with E-state index in [4.69, 9.17) is 9.47 Å². The summed E-state index contributed by atoms with van der Waals surface area (Å²) >= 11 is 0. The average Bonchev–Trinajstić information content (AvgIpc) is 2.93. The quantitative estimate of drug-likeness (QED) is 0.723. The van der Waals surface area contributed by atoms with Crippen LogP contribution in [0.25, 0.3) is 5.57 Å². The summed E-state index contributed by atoms with van der Waals surface area (Å²) < 4.78 is 10.7. The first-order valence-corrected chi connectivity index (χ1v) is 9.52. The Labute approximate surface area is 171 Å². The highest BCUT2D eigenvalue weighted by Crippen LogP contribution is 2.35. The number of methoxy groups -OCH3 is 2. The minimum absolute atomic E-state index is 0.160. The van der Waals surface area contributed by atoms with Crippen LogP contribution in [0.1, 0.15) is 25.0 Å². The van der Waals surface area contributed by atoms with Gasteiger partial charge in [0, 0.05) is 12.2 Å². The lowest BCUT2D eigenvalue weighted by Gasteiger charge is -2.17. The molecule has 0 spiro atoms. The second-order valence-electron chi connectivity index (χ2n) is 7.43. The van der Waals surface area contributed by atoms with Crippen LogP contribution in [0.4, 0.5) is 5.69 Å². The van der Waals surface area contributed by atoms with Gasteiger partial charge in [-0.2, -0.15) is 0 Å². The molecule has 1 aliphatic heterocycles. The molecule has 6 heteroatoms. The molecule has 1 heterocycles. The van der Waals surface area contributed by atoms with Gasteiger partial charge in [0.05, 0.1) is 19.8 Å². The van der Waals surface area contributed by atoms with Crippen molar-refractivity contribution in [1.29, 1.82) is 0 Å². The van der Waals surface area contributed by atoms with E-state index >= 15 is 0 Å². The molecule has 1 N–H and O–H groups in total. The van der Waals surface area contributed by atoms with Crippen LogP contribution in [-0.4, -0.2) is 37.5 Å². The number of benzene rings is 2. The molecule has 0 bridgehead atoms. The van der Waals surface area contributed by atoms with Crippen LogP contribution >= 0.6 is 0 Å². The van der Waals surface area contributed by atoms with Crippen LogP contribution in [0.15, 0.2) is 48.2 Å². The summed E-state index contributed by atoms with van der Waals surface area (Å²) in [6, 6.07) is 12.9. The summed E-state index contributed by atoms with van der Waals surface area (Å²) in [4.78, 5) is 27.6. The number of ether oxygens (including phenoxy) is 2. The normalized spacial score (nSPS) is 14.1. The van der Waals surface area contributed by atoms with Crippen LogP contribution < -0.4 is 14.8 Å². The fourth-order valence-corrected chi connectivity index (χ4v) is 3.26. The van der Waals surface area contributed by atoms with Gasteiger partial charge < -0.3 is 14.8 Å². The van der Waals surface area contributed by atoms with Crippen LogP contribution in [0, 0.1) is 12.8 Å². The monoisotopic (exact) mass is 394 g/mol. The maximum absolute atomic E-state index is 13.2. The summed E-state index contributed by atoms with van der Waals surface area (Å²) in [5, 5.41) is 3.16. The lowest BCUT2D eigenvalue weighted by Crippen LogP contribution is -2.35. The molecule has 2 aromatic carbocycles. The number of amides is 2. The summed E-state index contributed by atoms with van der Waals surface area (Å²) in [6.07, 6.45) is 0.